The maximum Gasteiger partial charge on any atom is 0.259 e. The van der Waals surface area contributed by atoms with E-state index in [9.17, 15) is 4.79 Å². The summed E-state index contributed by atoms with van der Waals surface area (Å²) in [4.78, 5) is 24.0. The Morgan fingerprint density at radius 3 is 2.38 bits per heavy atom. The number of hydrogen-bond donors (Lipinski definition) is 1. The Balaban J connectivity index is 1.35. The number of rotatable bonds is 5. The summed E-state index contributed by atoms with van der Waals surface area (Å²) in [7, 11) is 3.78. The van der Waals surface area contributed by atoms with Crippen LogP contribution in [0.1, 0.15) is 36.0 Å². The van der Waals surface area contributed by atoms with E-state index in [0.717, 1.165) is 37.9 Å². The van der Waals surface area contributed by atoms with Crippen molar-refractivity contribution in [1.29, 1.82) is 0 Å². The molecule has 0 unspecified atom stereocenters. The first kappa shape index (κ1) is 19.7. The number of aromatic nitrogens is 1. The lowest BCUT2D eigenvalue weighted by Crippen LogP contribution is -2.49. The quantitative estimate of drug-likeness (QED) is 0.843. The Bertz CT molecular complexity index is 821. The molecule has 0 radical (unpaired) electrons. The fourth-order valence-electron chi connectivity index (χ4n) is 4.50. The molecule has 6 heteroatoms. The van der Waals surface area contributed by atoms with Crippen molar-refractivity contribution in [2.45, 2.75) is 31.7 Å². The molecule has 1 aromatic carbocycles. The molecule has 2 fully saturated rings. The number of amides is 1. The van der Waals surface area contributed by atoms with Crippen LogP contribution in [0.5, 0.6) is 0 Å². The summed E-state index contributed by atoms with van der Waals surface area (Å²) in [5.41, 5.74) is 2.60. The van der Waals surface area contributed by atoms with Crippen molar-refractivity contribution in [3.63, 3.8) is 0 Å². The van der Waals surface area contributed by atoms with Gasteiger partial charge >= 0.3 is 0 Å². The Kier molecular flexibility index (Phi) is 6.00. The zero-order valence-electron chi connectivity index (χ0n) is 17.5. The number of benzene rings is 1. The minimum atomic E-state index is -0.139. The zero-order valence-corrected chi connectivity index (χ0v) is 17.5. The number of carbonyl (C=O) groups is 1. The second-order valence-corrected chi connectivity index (χ2v) is 8.23. The van der Waals surface area contributed by atoms with Crippen LogP contribution in [0.4, 0.5) is 17.2 Å². The standard InChI is InChI=1S/C23H31N5O/c1-26(2)22-21(8-5-13-24-22)23(29)25-18-9-11-20(12-10-18)28-16-14-27(15-17-28)19-6-3-4-7-19/h5,8-13,19H,3-4,6-7,14-17H2,1-2H3,(H,25,29). The zero-order chi connectivity index (χ0) is 20.2. The largest absolute Gasteiger partial charge is 0.369 e. The molecule has 1 saturated carbocycles. The van der Waals surface area contributed by atoms with Gasteiger partial charge in [0.1, 0.15) is 5.82 Å². The Labute approximate surface area is 173 Å². The monoisotopic (exact) mass is 393 g/mol. The summed E-state index contributed by atoms with van der Waals surface area (Å²) >= 11 is 0. The molecule has 2 aliphatic rings. The lowest BCUT2D eigenvalue weighted by atomic mass is 10.1. The molecule has 1 amide bonds. The van der Waals surface area contributed by atoms with Crippen molar-refractivity contribution in [3.8, 4) is 0 Å². The molecule has 0 bridgehead atoms. The van der Waals surface area contributed by atoms with E-state index < -0.39 is 0 Å². The summed E-state index contributed by atoms with van der Waals surface area (Å²) in [6.07, 6.45) is 7.25. The average molecular weight is 394 g/mol. The van der Waals surface area contributed by atoms with Crippen molar-refractivity contribution in [3.05, 3.63) is 48.2 Å². The fraction of sp³-hybridized carbons (Fsp3) is 0.478. The van der Waals surface area contributed by atoms with Gasteiger partial charge in [-0.15, -0.1) is 0 Å². The van der Waals surface area contributed by atoms with Gasteiger partial charge < -0.3 is 15.1 Å². The van der Waals surface area contributed by atoms with Gasteiger partial charge in [-0.25, -0.2) is 4.98 Å². The van der Waals surface area contributed by atoms with E-state index in [0.29, 0.717) is 11.4 Å². The van der Waals surface area contributed by atoms with E-state index in [1.807, 2.05) is 31.1 Å². The van der Waals surface area contributed by atoms with E-state index in [4.69, 9.17) is 0 Å². The van der Waals surface area contributed by atoms with Crippen molar-refractivity contribution >= 4 is 23.1 Å². The van der Waals surface area contributed by atoms with E-state index in [2.05, 4.69) is 32.2 Å². The third-order valence-electron chi connectivity index (χ3n) is 6.10. The summed E-state index contributed by atoms with van der Waals surface area (Å²) in [5.74, 6) is 0.529. The predicted octanol–water partition coefficient (Wildman–Crippen LogP) is 3.46. The van der Waals surface area contributed by atoms with Crippen LogP contribution < -0.4 is 15.1 Å². The highest BCUT2D eigenvalue weighted by Crippen LogP contribution is 2.26. The maximum atomic E-state index is 12.7. The van der Waals surface area contributed by atoms with Crippen LogP contribution in [0.2, 0.25) is 0 Å². The van der Waals surface area contributed by atoms with Gasteiger partial charge in [0.25, 0.3) is 5.91 Å². The number of nitrogens with zero attached hydrogens (tertiary/aromatic N) is 4. The minimum Gasteiger partial charge on any atom is -0.369 e. The first-order chi connectivity index (χ1) is 14.1. The maximum absolute atomic E-state index is 12.7. The van der Waals surface area contributed by atoms with Crippen molar-refractivity contribution in [2.75, 3.05) is 55.4 Å². The van der Waals surface area contributed by atoms with Gasteiger partial charge in [0.2, 0.25) is 0 Å². The fourth-order valence-corrected chi connectivity index (χ4v) is 4.50. The second-order valence-electron chi connectivity index (χ2n) is 8.23. The van der Waals surface area contributed by atoms with E-state index in [-0.39, 0.29) is 5.91 Å². The summed E-state index contributed by atoms with van der Waals surface area (Å²) < 4.78 is 0. The molecule has 6 nitrogen and oxygen atoms in total. The van der Waals surface area contributed by atoms with Gasteiger partial charge in [-0.2, -0.15) is 0 Å². The highest BCUT2D eigenvalue weighted by molar-refractivity contribution is 6.07. The smallest absolute Gasteiger partial charge is 0.259 e. The highest BCUT2D eigenvalue weighted by atomic mass is 16.1. The normalized spacial score (nSPS) is 18.1. The second kappa shape index (κ2) is 8.82. The highest BCUT2D eigenvalue weighted by Gasteiger charge is 2.26. The molecule has 2 aromatic rings. The minimum absolute atomic E-state index is 0.139. The topological polar surface area (TPSA) is 51.7 Å². The average Bonchev–Trinajstić information content (AvgIpc) is 3.29. The van der Waals surface area contributed by atoms with Crippen LogP contribution in [0.15, 0.2) is 42.6 Å². The molecule has 1 N–H and O–H groups in total. The molecule has 4 rings (SSSR count). The summed E-state index contributed by atoms with van der Waals surface area (Å²) in [5, 5.41) is 3.00. The van der Waals surface area contributed by atoms with Crippen LogP contribution >= 0.6 is 0 Å². The number of pyridine rings is 1. The molecule has 1 aliphatic heterocycles. The molecular weight excluding hydrogens is 362 g/mol. The first-order valence-electron chi connectivity index (χ1n) is 10.6. The number of nitrogens with one attached hydrogen (secondary N) is 1. The van der Waals surface area contributed by atoms with E-state index >= 15 is 0 Å². The Morgan fingerprint density at radius 2 is 1.72 bits per heavy atom. The molecule has 0 atom stereocenters. The summed E-state index contributed by atoms with van der Waals surface area (Å²) in [6, 6.07) is 12.6. The number of hydrogen-bond acceptors (Lipinski definition) is 5. The van der Waals surface area contributed by atoms with E-state index in [1.165, 1.54) is 31.4 Å². The van der Waals surface area contributed by atoms with E-state index in [1.54, 1.807) is 18.3 Å². The van der Waals surface area contributed by atoms with Gasteiger partial charge in [0.15, 0.2) is 0 Å². The third-order valence-corrected chi connectivity index (χ3v) is 6.10. The van der Waals surface area contributed by atoms with Gasteiger partial charge in [-0.1, -0.05) is 12.8 Å². The van der Waals surface area contributed by atoms with Crippen LogP contribution in [0, 0.1) is 0 Å². The lowest BCUT2D eigenvalue weighted by Gasteiger charge is -2.39. The summed E-state index contributed by atoms with van der Waals surface area (Å²) in [6.45, 7) is 4.45. The molecular formula is C23H31N5O. The third kappa shape index (κ3) is 4.53. The Hall–Kier alpha value is -2.60. The predicted molar refractivity (Wildman–Crippen MR) is 119 cm³/mol. The molecule has 1 aliphatic carbocycles. The van der Waals surface area contributed by atoms with Gasteiger partial charge in [-0.05, 0) is 49.2 Å². The van der Waals surface area contributed by atoms with Crippen molar-refractivity contribution in [2.24, 2.45) is 0 Å². The van der Waals surface area contributed by atoms with Crippen LogP contribution in [-0.2, 0) is 0 Å². The molecule has 2 heterocycles. The molecule has 1 aromatic heterocycles. The van der Waals surface area contributed by atoms with Crippen LogP contribution in [0.3, 0.4) is 0 Å². The van der Waals surface area contributed by atoms with Crippen LogP contribution in [0.25, 0.3) is 0 Å². The first-order valence-corrected chi connectivity index (χ1v) is 10.6. The number of carbonyl (C=O) groups excluding carboxylic acids is 1. The number of anilines is 3. The van der Waals surface area contributed by atoms with Crippen LogP contribution in [-0.4, -0.2) is 62.1 Å². The van der Waals surface area contributed by atoms with Gasteiger partial charge in [0.05, 0.1) is 5.56 Å². The molecule has 0 spiro atoms. The van der Waals surface area contributed by atoms with Gasteiger partial charge in [-0.3, -0.25) is 9.69 Å². The molecule has 154 valence electrons. The van der Waals surface area contributed by atoms with Crippen molar-refractivity contribution in [1.82, 2.24) is 9.88 Å². The number of piperazine rings is 1. The van der Waals surface area contributed by atoms with Crippen molar-refractivity contribution < 1.29 is 4.79 Å². The Morgan fingerprint density at radius 1 is 1.03 bits per heavy atom. The van der Waals surface area contributed by atoms with Gasteiger partial charge in [0, 0.05) is 63.9 Å². The molecule has 29 heavy (non-hydrogen) atoms. The SMILES string of the molecule is CN(C)c1ncccc1C(=O)Nc1ccc(N2CCN(C3CCCC3)CC2)cc1. The molecule has 1 saturated heterocycles. The lowest BCUT2D eigenvalue weighted by molar-refractivity contribution is 0.102.